The number of alkyl halides is 3. The van der Waals surface area contributed by atoms with Gasteiger partial charge in [-0.1, -0.05) is 31.2 Å². The fourth-order valence-corrected chi connectivity index (χ4v) is 1.75. The summed E-state index contributed by atoms with van der Waals surface area (Å²) in [6.07, 6.45) is -3.64. The van der Waals surface area contributed by atoms with Crippen molar-refractivity contribution in [2.24, 2.45) is 0 Å². The van der Waals surface area contributed by atoms with Gasteiger partial charge in [-0.2, -0.15) is 13.2 Å². The van der Waals surface area contributed by atoms with Gasteiger partial charge in [-0.15, -0.1) is 0 Å². The second-order valence-corrected chi connectivity index (χ2v) is 4.27. The summed E-state index contributed by atoms with van der Waals surface area (Å²) in [4.78, 5) is 7.02. The lowest BCUT2D eigenvalue weighted by atomic mass is 10.1. The highest BCUT2D eigenvalue weighted by Crippen LogP contribution is 2.28. The molecule has 0 atom stereocenters. The Labute approximate surface area is 109 Å². The first-order valence-corrected chi connectivity index (χ1v) is 5.92. The van der Waals surface area contributed by atoms with Crippen molar-refractivity contribution in [2.75, 3.05) is 0 Å². The highest BCUT2D eigenvalue weighted by atomic mass is 19.4. The normalized spacial score (nSPS) is 11.6. The molecule has 0 N–H and O–H groups in total. The Hall–Kier alpha value is -1.91. The summed E-state index contributed by atoms with van der Waals surface area (Å²) in [7, 11) is 0. The first-order chi connectivity index (χ1) is 8.90. The van der Waals surface area contributed by atoms with Crippen LogP contribution < -0.4 is 0 Å². The summed E-state index contributed by atoms with van der Waals surface area (Å²) in [6, 6.07) is 8.89. The van der Waals surface area contributed by atoms with Crippen molar-refractivity contribution in [3.8, 4) is 11.3 Å². The van der Waals surface area contributed by atoms with Crippen LogP contribution in [0.5, 0.6) is 0 Å². The average molecular weight is 266 g/mol. The molecule has 0 saturated heterocycles. The standard InChI is InChI=1S/C14H13F3N2/c1-3-10-4-6-11(7-5-10)12-8-9(2)18-13(19-12)14(15,16)17/h4-8H,3H2,1-2H3. The zero-order chi connectivity index (χ0) is 14.0. The first kappa shape index (κ1) is 13.5. The molecule has 0 aliphatic rings. The van der Waals surface area contributed by atoms with Gasteiger partial charge < -0.3 is 0 Å². The molecule has 1 aromatic heterocycles. The highest BCUT2D eigenvalue weighted by Gasteiger charge is 2.35. The number of nitrogens with zero attached hydrogens (tertiary/aromatic N) is 2. The molecule has 0 spiro atoms. The van der Waals surface area contributed by atoms with Crippen molar-refractivity contribution in [3.05, 3.63) is 47.4 Å². The quantitative estimate of drug-likeness (QED) is 0.820. The fraction of sp³-hybridized carbons (Fsp3) is 0.286. The van der Waals surface area contributed by atoms with E-state index >= 15 is 0 Å². The SMILES string of the molecule is CCc1ccc(-c2cc(C)nc(C(F)(F)F)n2)cc1. The molecule has 2 aromatic rings. The summed E-state index contributed by atoms with van der Waals surface area (Å²) < 4.78 is 38.0. The Morgan fingerprint density at radius 2 is 1.68 bits per heavy atom. The molecule has 2 rings (SSSR count). The number of halogens is 3. The molecule has 5 heteroatoms. The van der Waals surface area contributed by atoms with Gasteiger partial charge in [-0.3, -0.25) is 0 Å². The van der Waals surface area contributed by atoms with Gasteiger partial charge in [0, 0.05) is 11.3 Å². The molecule has 1 heterocycles. The Kier molecular flexibility index (Phi) is 3.55. The van der Waals surface area contributed by atoms with Gasteiger partial charge >= 0.3 is 6.18 Å². The van der Waals surface area contributed by atoms with Crippen molar-refractivity contribution in [2.45, 2.75) is 26.4 Å². The molecule has 0 saturated carbocycles. The second-order valence-electron chi connectivity index (χ2n) is 4.27. The number of aromatic nitrogens is 2. The Morgan fingerprint density at radius 3 is 2.21 bits per heavy atom. The Bertz CT molecular complexity index is 574. The van der Waals surface area contributed by atoms with E-state index in [1.165, 1.54) is 6.92 Å². The van der Waals surface area contributed by atoms with E-state index in [0.717, 1.165) is 12.0 Å². The summed E-state index contributed by atoms with van der Waals surface area (Å²) in [5, 5.41) is 0. The molecule has 0 bridgehead atoms. The molecule has 0 aliphatic carbocycles. The second kappa shape index (κ2) is 4.99. The minimum absolute atomic E-state index is 0.294. The van der Waals surface area contributed by atoms with Crippen molar-refractivity contribution in [3.63, 3.8) is 0 Å². The van der Waals surface area contributed by atoms with E-state index in [1.807, 2.05) is 19.1 Å². The van der Waals surface area contributed by atoms with Gasteiger partial charge in [0.1, 0.15) is 0 Å². The van der Waals surface area contributed by atoms with Crippen molar-refractivity contribution >= 4 is 0 Å². The van der Waals surface area contributed by atoms with Gasteiger partial charge in [0.05, 0.1) is 5.69 Å². The van der Waals surface area contributed by atoms with Crippen LogP contribution in [0.1, 0.15) is 24.0 Å². The van der Waals surface area contributed by atoms with E-state index in [0.29, 0.717) is 17.0 Å². The maximum Gasteiger partial charge on any atom is 0.451 e. The molecule has 0 aliphatic heterocycles. The van der Waals surface area contributed by atoms with E-state index < -0.39 is 12.0 Å². The van der Waals surface area contributed by atoms with Gasteiger partial charge in [0.2, 0.25) is 5.82 Å². The van der Waals surface area contributed by atoms with Crippen molar-refractivity contribution < 1.29 is 13.2 Å². The van der Waals surface area contributed by atoms with E-state index in [1.54, 1.807) is 18.2 Å². The van der Waals surface area contributed by atoms with E-state index in [2.05, 4.69) is 9.97 Å². The molecule has 0 fully saturated rings. The molecular weight excluding hydrogens is 253 g/mol. The number of rotatable bonds is 2. The molecule has 100 valence electrons. The van der Waals surface area contributed by atoms with Gasteiger partial charge in [-0.25, -0.2) is 9.97 Å². The van der Waals surface area contributed by atoms with Crippen LogP contribution in [0.3, 0.4) is 0 Å². The fourth-order valence-electron chi connectivity index (χ4n) is 1.75. The van der Waals surface area contributed by atoms with Crippen LogP contribution in [0.2, 0.25) is 0 Å². The summed E-state index contributed by atoms with van der Waals surface area (Å²) in [5.41, 5.74) is 2.39. The molecule has 0 radical (unpaired) electrons. The number of aryl methyl sites for hydroxylation is 2. The van der Waals surface area contributed by atoms with Crippen LogP contribution in [0.15, 0.2) is 30.3 Å². The van der Waals surface area contributed by atoms with Crippen LogP contribution in [0.25, 0.3) is 11.3 Å². The van der Waals surface area contributed by atoms with Crippen molar-refractivity contribution in [1.82, 2.24) is 9.97 Å². The number of benzene rings is 1. The molecule has 0 unspecified atom stereocenters. The van der Waals surface area contributed by atoms with Gasteiger partial charge in [-0.05, 0) is 25.0 Å². The summed E-state index contributed by atoms with van der Waals surface area (Å²) in [5.74, 6) is -1.10. The van der Waals surface area contributed by atoms with Crippen LogP contribution in [-0.4, -0.2) is 9.97 Å². The number of hydrogen-bond donors (Lipinski definition) is 0. The zero-order valence-corrected chi connectivity index (χ0v) is 10.6. The summed E-state index contributed by atoms with van der Waals surface area (Å²) in [6.45, 7) is 3.55. The van der Waals surface area contributed by atoms with Gasteiger partial charge in [0.25, 0.3) is 0 Å². The van der Waals surface area contributed by atoms with Crippen molar-refractivity contribution in [1.29, 1.82) is 0 Å². The van der Waals surface area contributed by atoms with Crippen LogP contribution >= 0.6 is 0 Å². The molecule has 19 heavy (non-hydrogen) atoms. The monoisotopic (exact) mass is 266 g/mol. The van der Waals surface area contributed by atoms with Crippen LogP contribution in [0, 0.1) is 6.92 Å². The Balaban J connectivity index is 2.46. The predicted octanol–water partition coefficient (Wildman–Crippen LogP) is 4.03. The summed E-state index contributed by atoms with van der Waals surface area (Å²) >= 11 is 0. The third kappa shape index (κ3) is 3.10. The molecule has 0 amide bonds. The average Bonchev–Trinajstić information content (AvgIpc) is 2.37. The minimum atomic E-state index is -4.52. The molecular formula is C14H13F3N2. The van der Waals surface area contributed by atoms with E-state index in [4.69, 9.17) is 0 Å². The lowest BCUT2D eigenvalue weighted by molar-refractivity contribution is -0.145. The lowest BCUT2D eigenvalue weighted by Gasteiger charge is -2.09. The molecule has 2 nitrogen and oxygen atoms in total. The molecule has 1 aromatic carbocycles. The van der Waals surface area contributed by atoms with Gasteiger partial charge in [0.15, 0.2) is 0 Å². The minimum Gasteiger partial charge on any atom is -0.230 e. The maximum atomic E-state index is 12.7. The van der Waals surface area contributed by atoms with E-state index in [9.17, 15) is 13.2 Å². The Morgan fingerprint density at radius 1 is 1.05 bits per heavy atom. The third-order valence-corrected chi connectivity index (χ3v) is 2.77. The lowest BCUT2D eigenvalue weighted by Crippen LogP contribution is -2.12. The highest BCUT2D eigenvalue weighted by molar-refractivity contribution is 5.59. The van der Waals surface area contributed by atoms with E-state index in [-0.39, 0.29) is 0 Å². The third-order valence-electron chi connectivity index (χ3n) is 2.77. The predicted molar refractivity (Wildman–Crippen MR) is 66.6 cm³/mol. The number of hydrogen-bond acceptors (Lipinski definition) is 2. The maximum absolute atomic E-state index is 12.7. The first-order valence-electron chi connectivity index (χ1n) is 5.92. The topological polar surface area (TPSA) is 25.8 Å². The van der Waals surface area contributed by atoms with Crippen LogP contribution in [0.4, 0.5) is 13.2 Å². The zero-order valence-electron chi connectivity index (χ0n) is 10.6. The largest absolute Gasteiger partial charge is 0.451 e. The van der Waals surface area contributed by atoms with Crippen LogP contribution in [-0.2, 0) is 12.6 Å². The smallest absolute Gasteiger partial charge is 0.230 e.